The average Bonchev–Trinajstić information content (AvgIpc) is 3.51. The molecule has 0 aliphatic carbocycles. The second kappa shape index (κ2) is 9.11. The second-order valence-corrected chi connectivity index (χ2v) is 9.44. The number of aromatic nitrogens is 5. The van der Waals surface area contributed by atoms with Gasteiger partial charge in [0.05, 0.1) is 23.1 Å². The first-order chi connectivity index (χ1) is 18.4. The van der Waals surface area contributed by atoms with Gasteiger partial charge in [-0.25, -0.2) is 9.37 Å². The Kier molecular flexibility index (Phi) is 5.60. The first-order valence-corrected chi connectivity index (χ1v) is 12.1. The first kappa shape index (κ1) is 23.4. The molecule has 0 radical (unpaired) electrons. The number of halogens is 1. The SMILES string of the molecule is CC(C)C(=O)Nc1cncc(-c2ccc3[nH]nc(-c4cc5c(-c6cc(O)cc(F)c6)ccnc5[nH]4)c3c2)c1. The van der Waals surface area contributed by atoms with E-state index in [0.717, 1.165) is 44.7 Å². The van der Waals surface area contributed by atoms with Gasteiger partial charge in [0.15, 0.2) is 0 Å². The summed E-state index contributed by atoms with van der Waals surface area (Å²) in [4.78, 5) is 24.2. The third-order valence-electron chi connectivity index (χ3n) is 6.41. The minimum atomic E-state index is -0.520. The molecule has 4 heterocycles. The summed E-state index contributed by atoms with van der Waals surface area (Å²) in [5.41, 5.74) is 6.59. The van der Waals surface area contributed by atoms with Crippen LogP contribution >= 0.6 is 0 Å². The van der Waals surface area contributed by atoms with Gasteiger partial charge in [-0.05, 0) is 59.2 Å². The van der Waals surface area contributed by atoms with Gasteiger partial charge >= 0.3 is 0 Å². The molecule has 0 aliphatic heterocycles. The van der Waals surface area contributed by atoms with Gasteiger partial charge in [0, 0.05) is 40.7 Å². The van der Waals surface area contributed by atoms with Gasteiger partial charge in [-0.15, -0.1) is 0 Å². The van der Waals surface area contributed by atoms with Crippen LogP contribution < -0.4 is 5.32 Å². The number of rotatable bonds is 5. The smallest absolute Gasteiger partial charge is 0.226 e. The molecule has 1 amide bonds. The lowest BCUT2D eigenvalue weighted by molar-refractivity contribution is -0.118. The van der Waals surface area contributed by atoms with Crippen LogP contribution in [-0.4, -0.2) is 36.2 Å². The molecule has 2 aromatic carbocycles. The van der Waals surface area contributed by atoms with E-state index >= 15 is 0 Å². The molecule has 8 nitrogen and oxygen atoms in total. The third-order valence-corrected chi connectivity index (χ3v) is 6.41. The van der Waals surface area contributed by atoms with Crippen LogP contribution in [0, 0.1) is 11.7 Å². The lowest BCUT2D eigenvalue weighted by Gasteiger charge is -2.09. The van der Waals surface area contributed by atoms with Crippen molar-refractivity contribution in [1.29, 1.82) is 0 Å². The fourth-order valence-electron chi connectivity index (χ4n) is 4.49. The zero-order chi connectivity index (χ0) is 26.4. The Bertz CT molecular complexity index is 1820. The number of phenols is 1. The molecule has 0 atom stereocenters. The molecule has 188 valence electrons. The molecule has 4 aromatic heterocycles. The molecule has 0 fully saturated rings. The monoisotopic (exact) mass is 506 g/mol. The highest BCUT2D eigenvalue weighted by Crippen LogP contribution is 2.35. The Morgan fingerprint density at radius 3 is 2.66 bits per heavy atom. The van der Waals surface area contributed by atoms with E-state index in [1.807, 2.05) is 44.2 Å². The van der Waals surface area contributed by atoms with E-state index < -0.39 is 5.82 Å². The number of pyridine rings is 2. The normalized spacial score (nSPS) is 11.5. The van der Waals surface area contributed by atoms with Crippen molar-refractivity contribution >= 4 is 33.5 Å². The minimum Gasteiger partial charge on any atom is -0.508 e. The third kappa shape index (κ3) is 4.24. The fourth-order valence-corrected chi connectivity index (χ4v) is 4.49. The van der Waals surface area contributed by atoms with Crippen molar-refractivity contribution in [2.24, 2.45) is 5.92 Å². The number of amides is 1. The van der Waals surface area contributed by atoms with Crippen LogP contribution in [-0.2, 0) is 4.79 Å². The summed E-state index contributed by atoms with van der Waals surface area (Å²) in [7, 11) is 0. The standard InChI is InChI=1S/C29H23FN6O2/c1-15(2)29(38)33-20-8-18(13-31-14-20)16-3-4-25-24(10-16)27(36-35-25)26-12-23-22(5-6-32-28(23)34-26)17-7-19(30)11-21(37)9-17/h3-15,37H,1-2H3,(H,32,34)(H,33,38)(H,35,36). The van der Waals surface area contributed by atoms with Crippen LogP contribution in [0.15, 0.2) is 73.2 Å². The largest absolute Gasteiger partial charge is 0.508 e. The van der Waals surface area contributed by atoms with E-state index in [4.69, 9.17) is 0 Å². The van der Waals surface area contributed by atoms with Gasteiger partial charge < -0.3 is 15.4 Å². The van der Waals surface area contributed by atoms with Crippen LogP contribution in [0.1, 0.15) is 13.8 Å². The lowest BCUT2D eigenvalue weighted by Crippen LogP contribution is -2.17. The number of carbonyl (C=O) groups is 1. The van der Waals surface area contributed by atoms with Gasteiger partial charge in [0.2, 0.25) is 5.91 Å². The summed E-state index contributed by atoms with van der Waals surface area (Å²) in [6.07, 6.45) is 5.01. The Hall–Kier alpha value is -5.05. The first-order valence-electron chi connectivity index (χ1n) is 12.1. The maximum Gasteiger partial charge on any atom is 0.226 e. The van der Waals surface area contributed by atoms with Crippen molar-refractivity contribution in [2.75, 3.05) is 5.32 Å². The summed E-state index contributed by atoms with van der Waals surface area (Å²) < 4.78 is 14.0. The maximum absolute atomic E-state index is 14.0. The number of nitrogens with one attached hydrogen (secondary N) is 3. The lowest BCUT2D eigenvalue weighted by atomic mass is 10.0. The average molecular weight is 507 g/mol. The van der Waals surface area contributed by atoms with Gasteiger partial charge in [-0.2, -0.15) is 5.10 Å². The number of H-pyrrole nitrogens is 2. The zero-order valence-electron chi connectivity index (χ0n) is 20.6. The number of hydrogen-bond acceptors (Lipinski definition) is 5. The van der Waals surface area contributed by atoms with Crippen molar-refractivity contribution in [1.82, 2.24) is 25.1 Å². The Morgan fingerprint density at radius 2 is 1.84 bits per heavy atom. The number of aromatic hydroxyl groups is 1. The summed E-state index contributed by atoms with van der Waals surface area (Å²) in [6.45, 7) is 3.68. The van der Waals surface area contributed by atoms with E-state index in [1.165, 1.54) is 12.1 Å². The Morgan fingerprint density at radius 1 is 0.974 bits per heavy atom. The van der Waals surface area contributed by atoms with E-state index in [-0.39, 0.29) is 17.6 Å². The van der Waals surface area contributed by atoms with Gasteiger partial charge in [0.1, 0.15) is 22.9 Å². The summed E-state index contributed by atoms with van der Waals surface area (Å²) in [5, 5.41) is 22.1. The summed E-state index contributed by atoms with van der Waals surface area (Å²) in [6, 6.07) is 15.5. The van der Waals surface area contributed by atoms with Crippen molar-refractivity contribution in [2.45, 2.75) is 13.8 Å². The Balaban J connectivity index is 1.42. The highest BCUT2D eigenvalue weighted by atomic mass is 19.1. The van der Waals surface area contributed by atoms with E-state index in [1.54, 1.807) is 24.7 Å². The number of phenolic OH excluding ortho intramolecular Hbond substituents is 1. The van der Waals surface area contributed by atoms with Crippen molar-refractivity contribution in [3.05, 3.63) is 79.0 Å². The van der Waals surface area contributed by atoms with Crippen LogP contribution in [0.5, 0.6) is 5.75 Å². The molecule has 0 saturated carbocycles. The molecule has 6 aromatic rings. The predicted octanol–water partition coefficient (Wildman–Crippen LogP) is 6.27. The summed E-state index contributed by atoms with van der Waals surface area (Å²) >= 11 is 0. The second-order valence-electron chi connectivity index (χ2n) is 9.44. The van der Waals surface area contributed by atoms with Crippen LogP contribution in [0.2, 0.25) is 0 Å². The number of benzene rings is 2. The number of nitrogens with zero attached hydrogens (tertiary/aromatic N) is 3. The molecular formula is C29H23FN6O2. The Labute approximate surface area is 216 Å². The van der Waals surface area contributed by atoms with E-state index in [9.17, 15) is 14.3 Å². The topological polar surface area (TPSA) is 120 Å². The molecule has 9 heteroatoms. The van der Waals surface area contributed by atoms with Gasteiger partial charge in [0.25, 0.3) is 0 Å². The van der Waals surface area contributed by atoms with Crippen molar-refractivity contribution in [3.63, 3.8) is 0 Å². The molecule has 0 spiro atoms. The van der Waals surface area contributed by atoms with E-state index in [0.29, 0.717) is 22.6 Å². The number of hydrogen-bond donors (Lipinski definition) is 4. The predicted molar refractivity (Wildman–Crippen MR) is 145 cm³/mol. The van der Waals surface area contributed by atoms with Crippen LogP contribution in [0.3, 0.4) is 0 Å². The molecule has 6 rings (SSSR count). The van der Waals surface area contributed by atoms with E-state index in [2.05, 4.69) is 30.5 Å². The quantitative estimate of drug-likeness (QED) is 0.220. The molecule has 4 N–H and O–H groups in total. The molecule has 0 unspecified atom stereocenters. The number of fused-ring (bicyclic) bond motifs is 2. The fraction of sp³-hybridized carbons (Fsp3) is 0.103. The minimum absolute atomic E-state index is 0.0724. The van der Waals surface area contributed by atoms with Crippen LogP contribution in [0.25, 0.3) is 55.6 Å². The number of anilines is 1. The molecule has 0 aliphatic rings. The molecule has 0 bridgehead atoms. The van der Waals surface area contributed by atoms with Crippen molar-refractivity contribution in [3.8, 4) is 39.4 Å². The maximum atomic E-state index is 14.0. The molecular weight excluding hydrogens is 483 g/mol. The van der Waals surface area contributed by atoms with Gasteiger partial charge in [-0.3, -0.25) is 14.9 Å². The number of aromatic amines is 2. The number of carbonyl (C=O) groups excluding carboxylic acids is 1. The van der Waals surface area contributed by atoms with Gasteiger partial charge in [-0.1, -0.05) is 19.9 Å². The highest BCUT2D eigenvalue weighted by Gasteiger charge is 2.16. The molecule has 38 heavy (non-hydrogen) atoms. The molecule has 0 saturated heterocycles. The highest BCUT2D eigenvalue weighted by molar-refractivity contribution is 6.01. The summed E-state index contributed by atoms with van der Waals surface area (Å²) in [5.74, 6) is -0.874. The van der Waals surface area contributed by atoms with Crippen molar-refractivity contribution < 1.29 is 14.3 Å². The zero-order valence-corrected chi connectivity index (χ0v) is 20.6. The van der Waals surface area contributed by atoms with Crippen LogP contribution in [0.4, 0.5) is 10.1 Å².